The summed E-state index contributed by atoms with van der Waals surface area (Å²) >= 11 is 2.46. The van der Waals surface area contributed by atoms with E-state index in [1.54, 1.807) is 0 Å². The van der Waals surface area contributed by atoms with Gasteiger partial charge in [0.2, 0.25) is 0 Å². The van der Waals surface area contributed by atoms with E-state index in [9.17, 15) is 0 Å². The molecule has 3 heteroatoms. The molecule has 1 rings (SSSR count). The summed E-state index contributed by atoms with van der Waals surface area (Å²) in [4.78, 5) is 4.75. The smallest absolute Gasteiger partial charge is 0.0790 e. The van der Waals surface area contributed by atoms with Crippen molar-refractivity contribution in [3.63, 3.8) is 0 Å². The van der Waals surface area contributed by atoms with E-state index in [0.717, 1.165) is 15.8 Å². The van der Waals surface area contributed by atoms with Gasteiger partial charge in [0.05, 0.1) is 6.10 Å². The third kappa shape index (κ3) is 1.83. The number of nitrogens with two attached hydrogens (primary N) is 1. The Balaban J connectivity index is 2.24. The molecule has 2 N–H and O–H groups in total. The summed E-state index contributed by atoms with van der Waals surface area (Å²) in [6.45, 7) is 4.29. The highest BCUT2D eigenvalue weighted by atomic mass is 127. The van der Waals surface area contributed by atoms with Gasteiger partial charge >= 0.3 is 0 Å². The average molecular weight is 255 g/mol. The van der Waals surface area contributed by atoms with Crippen molar-refractivity contribution in [3.05, 3.63) is 0 Å². The number of rotatable bonds is 3. The Labute approximate surface area is 75.6 Å². The maximum Gasteiger partial charge on any atom is 0.0790 e. The summed E-state index contributed by atoms with van der Waals surface area (Å²) in [7, 11) is 0. The summed E-state index contributed by atoms with van der Waals surface area (Å²) in [6, 6.07) is 0. The molecule has 4 atom stereocenters. The normalized spacial score (nSPS) is 37.2. The zero-order chi connectivity index (χ0) is 7.72. The molecule has 1 saturated carbocycles. The molecule has 0 saturated heterocycles. The molecular formula is C7H14INO. The molecule has 0 radical (unpaired) electrons. The first-order valence-corrected chi connectivity index (χ1v) is 4.91. The Hall–Kier alpha value is 0.650. The van der Waals surface area contributed by atoms with E-state index < -0.39 is 0 Å². The van der Waals surface area contributed by atoms with Crippen molar-refractivity contribution < 1.29 is 4.84 Å². The first kappa shape index (κ1) is 8.74. The lowest BCUT2D eigenvalue weighted by atomic mass is 10.2. The molecule has 0 aromatic carbocycles. The van der Waals surface area contributed by atoms with Gasteiger partial charge < -0.3 is 4.84 Å². The minimum absolute atomic E-state index is 0.252. The van der Waals surface area contributed by atoms with Crippen LogP contribution in [0.1, 0.15) is 20.3 Å². The Morgan fingerprint density at radius 2 is 2.10 bits per heavy atom. The van der Waals surface area contributed by atoms with E-state index in [0.29, 0.717) is 0 Å². The maximum absolute atomic E-state index is 5.07. The maximum atomic E-state index is 5.07. The van der Waals surface area contributed by atoms with Crippen LogP contribution in [0.3, 0.4) is 0 Å². The molecule has 0 bridgehead atoms. The SMILES string of the molecule is CC(ON)[C@@H]1C[C@H]1[C@@H](C)I. The van der Waals surface area contributed by atoms with E-state index in [4.69, 9.17) is 10.7 Å². The van der Waals surface area contributed by atoms with Crippen molar-refractivity contribution in [2.45, 2.75) is 30.3 Å². The lowest BCUT2D eigenvalue weighted by Gasteiger charge is -2.07. The zero-order valence-electron chi connectivity index (χ0n) is 6.38. The minimum Gasteiger partial charge on any atom is -0.301 e. The molecule has 10 heavy (non-hydrogen) atoms. The highest BCUT2D eigenvalue weighted by molar-refractivity contribution is 14.1. The highest BCUT2D eigenvalue weighted by Gasteiger charge is 2.43. The molecule has 1 aliphatic rings. The molecule has 0 spiro atoms. The third-order valence-electron chi connectivity index (χ3n) is 2.30. The Kier molecular flexibility index (Phi) is 2.94. The molecule has 0 heterocycles. The van der Waals surface area contributed by atoms with Crippen LogP contribution in [0.4, 0.5) is 0 Å². The Morgan fingerprint density at radius 1 is 1.50 bits per heavy atom. The van der Waals surface area contributed by atoms with Gasteiger partial charge in [-0.3, -0.25) is 0 Å². The second-order valence-electron chi connectivity index (χ2n) is 3.08. The van der Waals surface area contributed by atoms with Crippen LogP contribution in [0, 0.1) is 11.8 Å². The van der Waals surface area contributed by atoms with Crippen molar-refractivity contribution in [3.8, 4) is 0 Å². The van der Waals surface area contributed by atoms with Gasteiger partial charge in [0.1, 0.15) is 0 Å². The van der Waals surface area contributed by atoms with Gasteiger partial charge in [0.15, 0.2) is 0 Å². The van der Waals surface area contributed by atoms with Crippen LogP contribution in [0.15, 0.2) is 0 Å². The van der Waals surface area contributed by atoms with Crippen LogP contribution in [0.5, 0.6) is 0 Å². The Morgan fingerprint density at radius 3 is 2.40 bits per heavy atom. The van der Waals surface area contributed by atoms with Crippen LogP contribution >= 0.6 is 22.6 Å². The summed E-state index contributed by atoms with van der Waals surface area (Å²) in [6.07, 6.45) is 1.55. The van der Waals surface area contributed by atoms with Crippen molar-refractivity contribution in [2.75, 3.05) is 0 Å². The van der Waals surface area contributed by atoms with Crippen molar-refractivity contribution in [1.29, 1.82) is 0 Å². The first-order chi connectivity index (χ1) is 4.66. The lowest BCUT2D eigenvalue weighted by Crippen LogP contribution is -2.17. The van der Waals surface area contributed by atoms with Gasteiger partial charge in [0, 0.05) is 3.92 Å². The molecule has 60 valence electrons. The largest absolute Gasteiger partial charge is 0.301 e. The Bertz CT molecular complexity index is 118. The average Bonchev–Trinajstić information content (AvgIpc) is 2.64. The molecule has 0 aromatic heterocycles. The molecule has 1 fully saturated rings. The molecule has 0 amide bonds. The number of hydrogen-bond acceptors (Lipinski definition) is 2. The number of alkyl halides is 1. The summed E-state index contributed by atoms with van der Waals surface area (Å²) in [5, 5.41) is 0. The van der Waals surface area contributed by atoms with Gasteiger partial charge in [0.25, 0.3) is 0 Å². The van der Waals surface area contributed by atoms with Crippen molar-refractivity contribution in [2.24, 2.45) is 17.7 Å². The standard InChI is InChI=1S/C7H14INO/c1-4(8)6-3-7(6)5(2)10-9/h4-7H,3,9H2,1-2H3/t4-,5?,6+,7+/m1/s1. The minimum atomic E-state index is 0.252. The van der Waals surface area contributed by atoms with Crippen LogP contribution in [-0.4, -0.2) is 10.0 Å². The van der Waals surface area contributed by atoms with E-state index in [2.05, 4.69) is 29.5 Å². The fourth-order valence-corrected chi connectivity index (χ4v) is 2.23. The van der Waals surface area contributed by atoms with E-state index in [1.165, 1.54) is 6.42 Å². The predicted octanol–water partition coefficient (Wildman–Crippen LogP) is 1.72. The molecule has 1 aliphatic carbocycles. The topological polar surface area (TPSA) is 35.2 Å². The fourth-order valence-electron chi connectivity index (χ4n) is 1.40. The van der Waals surface area contributed by atoms with E-state index >= 15 is 0 Å². The third-order valence-corrected chi connectivity index (χ3v) is 3.22. The lowest BCUT2D eigenvalue weighted by molar-refractivity contribution is 0.0477. The van der Waals surface area contributed by atoms with Crippen molar-refractivity contribution in [1.82, 2.24) is 0 Å². The van der Waals surface area contributed by atoms with Gasteiger partial charge in [-0.25, -0.2) is 5.90 Å². The van der Waals surface area contributed by atoms with E-state index in [-0.39, 0.29) is 6.10 Å². The predicted molar refractivity (Wildman–Crippen MR) is 49.8 cm³/mol. The van der Waals surface area contributed by atoms with Crippen LogP contribution in [0.2, 0.25) is 0 Å². The second-order valence-corrected chi connectivity index (χ2v) is 5.05. The zero-order valence-corrected chi connectivity index (χ0v) is 8.54. The molecule has 2 nitrogen and oxygen atoms in total. The molecule has 0 aliphatic heterocycles. The molecular weight excluding hydrogens is 241 g/mol. The second kappa shape index (κ2) is 3.36. The molecule has 0 aromatic rings. The highest BCUT2D eigenvalue weighted by Crippen LogP contribution is 2.46. The van der Waals surface area contributed by atoms with Gasteiger partial charge in [-0.1, -0.05) is 29.5 Å². The fraction of sp³-hybridized carbons (Fsp3) is 1.00. The summed E-state index contributed by atoms with van der Waals surface area (Å²) in [5.74, 6) is 6.64. The number of halogens is 1. The first-order valence-electron chi connectivity index (χ1n) is 3.66. The quantitative estimate of drug-likeness (QED) is 0.473. The monoisotopic (exact) mass is 255 g/mol. The summed E-state index contributed by atoms with van der Waals surface area (Å²) < 4.78 is 0.764. The van der Waals surface area contributed by atoms with Crippen molar-refractivity contribution >= 4 is 22.6 Å². The summed E-state index contributed by atoms with van der Waals surface area (Å²) in [5.41, 5.74) is 0. The van der Waals surface area contributed by atoms with Crippen LogP contribution in [-0.2, 0) is 4.84 Å². The van der Waals surface area contributed by atoms with Gasteiger partial charge in [-0.15, -0.1) is 0 Å². The van der Waals surface area contributed by atoms with Gasteiger partial charge in [-0.05, 0) is 25.2 Å². The van der Waals surface area contributed by atoms with Gasteiger partial charge in [-0.2, -0.15) is 0 Å². The molecule has 1 unspecified atom stereocenters. The van der Waals surface area contributed by atoms with Crippen LogP contribution in [0.25, 0.3) is 0 Å². The number of hydrogen-bond donors (Lipinski definition) is 1. The van der Waals surface area contributed by atoms with Crippen LogP contribution < -0.4 is 5.90 Å². The van der Waals surface area contributed by atoms with E-state index in [1.807, 2.05) is 6.92 Å².